The molecule has 0 fully saturated rings. The first-order chi connectivity index (χ1) is 11.5. The van der Waals surface area contributed by atoms with E-state index in [0.717, 1.165) is 16.1 Å². The molecule has 24 heavy (non-hydrogen) atoms. The van der Waals surface area contributed by atoms with E-state index in [1.807, 2.05) is 50.2 Å². The normalized spacial score (nSPS) is 19.8. The minimum Gasteiger partial charge on any atom is -0.310 e. The van der Waals surface area contributed by atoms with Crippen LogP contribution in [0, 0.1) is 6.92 Å². The first-order valence-corrected chi connectivity index (χ1v) is 8.62. The molecule has 6 heteroatoms. The van der Waals surface area contributed by atoms with E-state index in [-0.39, 0.29) is 11.8 Å². The molecule has 0 saturated heterocycles. The lowest BCUT2D eigenvalue weighted by Crippen LogP contribution is -2.54. The standard InChI is InChI=1S/C18H19N3O2S/c1-4-21-13-9-5-6-10-14(13)24-18(3,17(21)23)16(22)20-15-12(2)8-7-11-19-15/h5-11H,4H2,1-3H3,(H,19,20,22). The number of thioether (sulfide) groups is 1. The number of aryl methyl sites for hydroxylation is 1. The minimum atomic E-state index is -1.23. The summed E-state index contributed by atoms with van der Waals surface area (Å²) in [5, 5.41) is 2.81. The van der Waals surface area contributed by atoms with Crippen LogP contribution < -0.4 is 10.2 Å². The second-order valence-corrected chi connectivity index (χ2v) is 7.24. The molecule has 0 radical (unpaired) electrons. The summed E-state index contributed by atoms with van der Waals surface area (Å²) in [7, 11) is 0. The highest BCUT2D eigenvalue weighted by atomic mass is 32.2. The van der Waals surface area contributed by atoms with Crippen LogP contribution in [0.4, 0.5) is 11.5 Å². The third kappa shape index (κ3) is 2.67. The molecule has 0 aliphatic carbocycles. The van der Waals surface area contributed by atoms with Gasteiger partial charge in [0.15, 0.2) is 4.75 Å². The predicted molar refractivity (Wildman–Crippen MR) is 96.3 cm³/mol. The summed E-state index contributed by atoms with van der Waals surface area (Å²) < 4.78 is -1.23. The van der Waals surface area contributed by atoms with Crippen molar-refractivity contribution in [1.29, 1.82) is 0 Å². The number of anilines is 2. The van der Waals surface area contributed by atoms with Gasteiger partial charge in [-0.3, -0.25) is 9.59 Å². The largest absolute Gasteiger partial charge is 0.310 e. The lowest BCUT2D eigenvalue weighted by Gasteiger charge is -2.38. The molecule has 1 aliphatic rings. The van der Waals surface area contributed by atoms with Crippen LogP contribution in [-0.4, -0.2) is 28.1 Å². The van der Waals surface area contributed by atoms with Crippen molar-refractivity contribution in [3.63, 3.8) is 0 Å². The van der Waals surface area contributed by atoms with Gasteiger partial charge in [0.25, 0.3) is 11.8 Å². The van der Waals surface area contributed by atoms with Crippen molar-refractivity contribution in [2.24, 2.45) is 0 Å². The Labute approximate surface area is 145 Å². The van der Waals surface area contributed by atoms with E-state index < -0.39 is 4.75 Å². The maximum Gasteiger partial charge on any atom is 0.252 e. The molecule has 1 aromatic carbocycles. The SMILES string of the molecule is CCN1C(=O)C(C)(C(=O)Nc2ncccc2C)Sc2ccccc21. The molecule has 2 heterocycles. The number of hydrogen-bond acceptors (Lipinski definition) is 4. The summed E-state index contributed by atoms with van der Waals surface area (Å²) in [6.07, 6.45) is 1.62. The number of rotatable bonds is 3. The Hall–Kier alpha value is -2.34. The van der Waals surface area contributed by atoms with Gasteiger partial charge in [-0.05, 0) is 44.5 Å². The second kappa shape index (κ2) is 6.28. The van der Waals surface area contributed by atoms with Gasteiger partial charge < -0.3 is 10.2 Å². The van der Waals surface area contributed by atoms with Crippen LogP contribution in [-0.2, 0) is 9.59 Å². The maximum atomic E-state index is 13.0. The fourth-order valence-electron chi connectivity index (χ4n) is 2.70. The topological polar surface area (TPSA) is 62.3 Å². The van der Waals surface area contributed by atoms with Gasteiger partial charge in [-0.1, -0.05) is 30.0 Å². The van der Waals surface area contributed by atoms with Gasteiger partial charge in [0.1, 0.15) is 5.82 Å². The molecule has 3 rings (SSSR count). The zero-order valence-electron chi connectivity index (χ0n) is 13.9. The first kappa shape index (κ1) is 16.5. The molecular formula is C18H19N3O2S. The van der Waals surface area contributed by atoms with Crippen molar-refractivity contribution in [3.05, 3.63) is 48.2 Å². The molecule has 2 aromatic rings. The molecule has 1 aromatic heterocycles. The lowest BCUT2D eigenvalue weighted by atomic mass is 10.1. The lowest BCUT2D eigenvalue weighted by molar-refractivity contribution is -0.128. The summed E-state index contributed by atoms with van der Waals surface area (Å²) in [4.78, 5) is 32.7. The molecule has 1 atom stereocenters. The maximum absolute atomic E-state index is 13.0. The Kier molecular flexibility index (Phi) is 4.32. The van der Waals surface area contributed by atoms with E-state index in [9.17, 15) is 9.59 Å². The van der Waals surface area contributed by atoms with E-state index >= 15 is 0 Å². The Balaban J connectivity index is 1.96. The van der Waals surface area contributed by atoms with E-state index in [1.54, 1.807) is 18.0 Å². The van der Waals surface area contributed by atoms with Crippen molar-refractivity contribution < 1.29 is 9.59 Å². The van der Waals surface area contributed by atoms with E-state index in [0.29, 0.717) is 12.4 Å². The van der Waals surface area contributed by atoms with Crippen LogP contribution in [0.3, 0.4) is 0 Å². The summed E-state index contributed by atoms with van der Waals surface area (Å²) in [5.74, 6) is -0.0777. The third-order valence-electron chi connectivity index (χ3n) is 4.11. The summed E-state index contributed by atoms with van der Waals surface area (Å²) in [5.41, 5.74) is 1.71. The number of aromatic nitrogens is 1. The van der Waals surface area contributed by atoms with Gasteiger partial charge in [0, 0.05) is 17.6 Å². The molecular weight excluding hydrogens is 322 g/mol. The molecule has 0 saturated carbocycles. The average Bonchev–Trinajstić information content (AvgIpc) is 2.58. The van der Waals surface area contributed by atoms with Crippen molar-refractivity contribution >= 4 is 35.1 Å². The van der Waals surface area contributed by atoms with Gasteiger partial charge in [-0.15, -0.1) is 0 Å². The van der Waals surface area contributed by atoms with Gasteiger partial charge >= 0.3 is 0 Å². The molecule has 0 bridgehead atoms. The van der Waals surface area contributed by atoms with E-state index in [4.69, 9.17) is 0 Å². The highest BCUT2D eigenvalue weighted by Crippen LogP contribution is 2.45. The fraction of sp³-hybridized carbons (Fsp3) is 0.278. The fourth-order valence-corrected chi connectivity index (χ4v) is 3.91. The number of carbonyl (C=O) groups excluding carboxylic acids is 2. The van der Waals surface area contributed by atoms with E-state index in [2.05, 4.69) is 10.3 Å². The zero-order valence-corrected chi connectivity index (χ0v) is 14.7. The molecule has 124 valence electrons. The monoisotopic (exact) mass is 341 g/mol. The highest BCUT2D eigenvalue weighted by Gasteiger charge is 2.49. The second-order valence-electron chi connectivity index (χ2n) is 5.78. The minimum absolute atomic E-state index is 0.209. The van der Waals surface area contributed by atoms with Crippen molar-refractivity contribution in [2.45, 2.75) is 30.4 Å². The molecule has 1 aliphatic heterocycles. The third-order valence-corrected chi connectivity index (χ3v) is 5.45. The number of nitrogens with one attached hydrogen (secondary N) is 1. The molecule has 2 amide bonds. The Morgan fingerprint density at radius 1 is 1.29 bits per heavy atom. The van der Waals surface area contributed by atoms with Crippen LogP contribution in [0.5, 0.6) is 0 Å². The summed E-state index contributed by atoms with van der Waals surface area (Å²) >= 11 is 1.29. The van der Waals surface area contributed by atoms with Gasteiger partial charge in [-0.25, -0.2) is 4.98 Å². The number of carbonyl (C=O) groups is 2. The Morgan fingerprint density at radius 2 is 2.04 bits per heavy atom. The van der Waals surface area contributed by atoms with Crippen molar-refractivity contribution in [2.75, 3.05) is 16.8 Å². The van der Waals surface area contributed by atoms with Crippen molar-refractivity contribution in [1.82, 2.24) is 4.98 Å². The highest BCUT2D eigenvalue weighted by molar-refractivity contribution is 8.02. The summed E-state index contributed by atoms with van der Waals surface area (Å²) in [6.45, 7) is 5.97. The number of fused-ring (bicyclic) bond motifs is 1. The average molecular weight is 341 g/mol. The van der Waals surface area contributed by atoms with E-state index in [1.165, 1.54) is 11.8 Å². The number of para-hydroxylation sites is 1. The predicted octanol–water partition coefficient (Wildman–Crippen LogP) is 3.25. The van der Waals surface area contributed by atoms with Crippen LogP contribution in [0.15, 0.2) is 47.5 Å². The first-order valence-electron chi connectivity index (χ1n) is 7.80. The van der Waals surface area contributed by atoms with Crippen LogP contribution in [0.2, 0.25) is 0 Å². The smallest absolute Gasteiger partial charge is 0.252 e. The number of amides is 2. The number of hydrogen-bond donors (Lipinski definition) is 1. The molecule has 1 N–H and O–H groups in total. The van der Waals surface area contributed by atoms with Crippen LogP contribution >= 0.6 is 11.8 Å². The van der Waals surface area contributed by atoms with Gasteiger partial charge in [0.2, 0.25) is 0 Å². The summed E-state index contributed by atoms with van der Waals surface area (Å²) in [6, 6.07) is 11.3. The zero-order chi connectivity index (χ0) is 17.3. The number of benzene rings is 1. The molecule has 0 spiro atoms. The molecule has 1 unspecified atom stereocenters. The quantitative estimate of drug-likeness (QED) is 0.871. The Bertz CT molecular complexity index is 808. The number of nitrogens with zero attached hydrogens (tertiary/aromatic N) is 2. The van der Waals surface area contributed by atoms with Gasteiger partial charge in [0.05, 0.1) is 5.69 Å². The van der Waals surface area contributed by atoms with Crippen molar-refractivity contribution in [3.8, 4) is 0 Å². The van der Waals surface area contributed by atoms with Crippen LogP contribution in [0.25, 0.3) is 0 Å². The van der Waals surface area contributed by atoms with Crippen LogP contribution in [0.1, 0.15) is 19.4 Å². The van der Waals surface area contributed by atoms with Gasteiger partial charge in [-0.2, -0.15) is 0 Å². The molecule has 5 nitrogen and oxygen atoms in total. The Morgan fingerprint density at radius 3 is 2.75 bits per heavy atom. The number of pyridine rings is 1.